The van der Waals surface area contributed by atoms with E-state index in [1.165, 1.54) is 10.9 Å². The molecule has 2 aromatic carbocycles. The van der Waals surface area contributed by atoms with Crippen molar-refractivity contribution in [1.29, 1.82) is 0 Å². The van der Waals surface area contributed by atoms with Crippen molar-refractivity contribution in [3.8, 4) is 0 Å². The second kappa shape index (κ2) is 6.33. The summed E-state index contributed by atoms with van der Waals surface area (Å²) in [5.41, 5.74) is 5.63. The van der Waals surface area contributed by atoms with Crippen molar-refractivity contribution in [2.75, 3.05) is 5.32 Å². The van der Waals surface area contributed by atoms with E-state index in [4.69, 9.17) is 11.6 Å². The van der Waals surface area contributed by atoms with Gasteiger partial charge in [-0.25, -0.2) is 4.98 Å². The fourth-order valence-electron chi connectivity index (χ4n) is 2.32. The molecule has 0 fully saturated rings. The number of fused-ring (bicyclic) bond motifs is 1. The van der Waals surface area contributed by atoms with Gasteiger partial charge in [0.25, 0.3) is 0 Å². The Hall–Kier alpha value is -1.77. The van der Waals surface area contributed by atoms with Crippen LogP contribution >= 0.6 is 11.6 Å². The first-order valence-corrected chi connectivity index (χ1v) is 6.95. The van der Waals surface area contributed by atoms with Crippen LogP contribution in [0.2, 0.25) is 5.02 Å². The molecule has 0 saturated carbocycles. The van der Waals surface area contributed by atoms with Gasteiger partial charge < -0.3 is 17.7 Å². The first-order chi connectivity index (χ1) is 9.61. The number of nitrogens with one attached hydrogen (secondary N) is 2. The molecule has 0 unspecified atom stereocenters. The van der Waals surface area contributed by atoms with Gasteiger partial charge in [-0.3, -0.25) is 0 Å². The molecular weight excluding hydrogens is 303 g/mol. The second-order valence-corrected chi connectivity index (χ2v) is 5.48. The fraction of sp³-hybridized carbons (Fsp3) is 0.118. The molecule has 0 radical (unpaired) electrons. The van der Waals surface area contributed by atoms with Crippen molar-refractivity contribution in [2.24, 2.45) is 0 Å². The molecule has 2 N–H and O–H groups in total. The Balaban J connectivity index is 0.00000161. The number of benzene rings is 2. The van der Waals surface area contributed by atoms with Gasteiger partial charge in [-0.1, -0.05) is 17.7 Å². The highest BCUT2D eigenvalue weighted by atomic mass is 35.5. The van der Waals surface area contributed by atoms with Crippen LogP contribution in [0.3, 0.4) is 0 Å². The van der Waals surface area contributed by atoms with E-state index < -0.39 is 0 Å². The largest absolute Gasteiger partial charge is 1.00 e. The van der Waals surface area contributed by atoms with Crippen LogP contribution in [0, 0.1) is 13.8 Å². The summed E-state index contributed by atoms with van der Waals surface area (Å²) in [5.74, 6) is 0. The van der Waals surface area contributed by atoms with Gasteiger partial charge in [0, 0.05) is 29.8 Å². The van der Waals surface area contributed by atoms with Crippen LogP contribution in [-0.4, -0.2) is 0 Å². The van der Waals surface area contributed by atoms with Gasteiger partial charge in [-0.2, -0.15) is 0 Å². The lowest BCUT2D eigenvalue weighted by Gasteiger charge is -2.09. The van der Waals surface area contributed by atoms with Crippen LogP contribution in [0.25, 0.3) is 10.9 Å². The summed E-state index contributed by atoms with van der Waals surface area (Å²) in [6, 6.07) is 16.3. The number of halogens is 2. The van der Waals surface area contributed by atoms with E-state index >= 15 is 0 Å². The molecule has 21 heavy (non-hydrogen) atoms. The predicted molar refractivity (Wildman–Crippen MR) is 84.7 cm³/mol. The van der Waals surface area contributed by atoms with E-state index in [-0.39, 0.29) is 12.4 Å². The van der Waals surface area contributed by atoms with Crippen molar-refractivity contribution in [3.63, 3.8) is 0 Å². The van der Waals surface area contributed by atoms with Crippen molar-refractivity contribution in [3.05, 3.63) is 64.8 Å². The Morgan fingerprint density at radius 3 is 2.38 bits per heavy atom. The summed E-state index contributed by atoms with van der Waals surface area (Å²) in [6.07, 6.45) is 0. The van der Waals surface area contributed by atoms with Gasteiger partial charge >= 0.3 is 0 Å². The average Bonchev–Trinajstić information content (AvgIpc) is 2.42. The Bertz CT molecular complexity index is 768. The molecule has 1 heterocycles. The lowest BCUT2D eigenvalue weighted by molar-refractivity contribution is -0.354. The van der Waals surface area contributed by atoms with E-state index in [0.29, 0.717) is 0 Å². The number of hydrogen-bond donors (Lipinski definition) is 1. The zero-order valence-electron chi connectivity index (χ0n) is 11.9. The average molecular weight is 319 g/mol. The van der Waals surface area contributed by atoms with E-state index in [0.717, 1.165) is 27.6 Å². The molecule has 108 valence electrons. The van der Waals surface area contributed by atoms with E-state index in [9.17, 15) is 0 Å². The summed E-state index contributed by atoms with van der Waals surface area (Å²) in [5, 5.41) is 5.39. The van der Waals surface area contributed by atoms with Gasteiger partial charge in [0.1, 0.15) is 0 Å². The normalized spacial score (nSPS) is 10.2. The summed E-state index contributed by atoms with van der Waals surface area (Å²) in [6.45, 7) is 4.16. The summed E-state index contributed by atoms with van der Waals surface area (Å²) in [7, 11) is 0. The van der Waals surface area contributed by atoms with Crippen molar-refractivity contribution in [1.82, 2.24) is 0 Å². The number of hydrogen-bond acceptors (Lipinski definition) is 1. The lowest BCUT2D eigenvalue weighted by atomic mass is 10.1. The number of aryl methyl sites for hydroxylation is 2. The molecule has 2 nitrogen and oxygen atoms in total. The molecule has 0 aliphatic rings. The molecule has 3 aromatic rings. The third-order valence-electron chi connectivity index (χ3n) is 3.28. The van der Waals surface area contributed by atoms with Crippen molar-refractivity contribution < 1.29 is 17.4 Å². The molecule has 0 amide bonds. The number of anilines is 2. The number of aromatic amines is 1. The molecule has 0 aliphatic heterocycles. The number of aromatic nitrogens is 1. The van der Waals surface area contributed by atoms with Crippen LogP contribution in [0.5, 0.6) is 0 Å². The molecule has 0 aliphatic carbocycles. The topological polar surface area (TPSA) is 26.2 Å². The zero-order valence-corrected chi connectivity index (χ0v) is 13.4. The quantitative estimate of drug-likeness (QED) is 0.764. The molecule has 0 spiro atoms. The molecule has 3 rings (SSSR count). The van der Waals surface area contributed by atoms with Gasteiger partial charge in [0.2, 0.25) is 5.52 Å². The molecule has 0 atom stereocenters. The summed E-state index contributed by atoms with van der Waals surface area (Å²) in [4.78, 5) is 3.39. The highest BCUT2D eigenvalue weighted by Gasteiger charge is 2.09. The highest BCUT2D eigenvalue weighted by Crippen LogP contribution is 2.26. The van der Waals surface area contributed by atoms with Gasteiger partial charge in [0.05, 0.1) is 11.1 Å². The molecular formula is C17H16Cl2N2. The summed E-state index contributed by atoms with van der Waals surface area (Å²) < 4.78 is 0. The fourth-order valence-corrected chi connectivity index (χ4v) is 2.45. The maximum absolute atomic E-state index is 5.92. The Labute approximate surface area is 135 Å². The first-order valence-electron chi connectivity index (χ1n) is 6.58. The number of pyridine rings is 1. The molecule has 0 saturated heterocycles. The van der Waals surface area contributed by atoms with Gasteiger partial charge in [-0.05, 0) is 42.8 Å². The maximum atomic E-state index is 5.92. The smallest absolute Gasteiger partial charge is 0.213 e. The highest BCUT2D eigenvalue weighted by molar-refractivity contribution is 6.30. The molecule has 4 heteroatoms. The maximum Gasteiger partial charge on any atom is 0.213 e. The Morgan fingerprint density at radius 2 is 1.67 bits per heavy atom. The van der Waals surface area contributed by atoms with Crippen LogP contribution in [0.15, 0.2) is 48.5 Å². The minimum absolute atomic E-state index is 0. The summed E-state index contributed by atoms with van der Waals surface area (Å²) >= 11 is 5.92. The third-order valence-corrected chi connectivity index (χ3v) is 3.53. The SMILES string of the molecule is Cc1ccc2[nH+]c(C)cc(Nc3ccc(Cl)cc3)c2c1.[Cl-]. The van der Waals surface area contributed by atoms with Crippen molar-refractivity contribution >= 4 is 33.9 Å². The van der Waals surface area contributed by atoms with Crippen LogP contribution in [-0.2, 0) is 0 Å². The third kappa shape index (κ3) is 3.46. The molecule has 0 bridgehead atoms. The van der Waals surface area contributed by atoms with E-state index in [1.54, 1.807) is 0 Å². The second-order valence-electron chi connectivity index (χ2n) is 5.05. The zero-order chi connectivity index (χ0) is 14.1. The first kappa shape index (κ1) is 15.6. The van der Waals surface area contributed by atoms with E-state index in [1.807, 2.05) is 24.3 Å². The van der Waals surface area contributed by atoms with Crippen molar-refractivity contribution in [2.45, 2.75) is 13.8 Å². The Morgan fingerprint density at radius 1 is 0.952 bits per heavy atom. The minimum atomic E-state index is 0. The molecule has 1 aromatic heterocycles. The van der Waals surface area contributed by atoms with Crippen LogP contribution in [0.4, 0.5) is 11.4 Å². The van der Waals surface area contributed by atoms with Crippen LogP contribution in [0.1, 0.15) is 11.3 Å². The number of H-pyrrole nitrogens is 1. The Kier molecular flexibility index (Phi) is 4.71. The monoisotopic (exact) mass is 318 g/mol. The standard InChI is InChI=1S/C17H15ClN2.ClH/c1-11-3-8-16-15(9-11)17(10-12(2)19-16)20-14-6-4-13(18)5-7-14;/h3-10H,1-2H3,(H,19,20);1H. The van der Waals surface area contributed by atoms with Gasteiger partial charge in [0.15, 0.2) is 5.69 Å². The number of rotatable bonds is 2. The minimum Gasteiger partial charge on any atom is -1.00 e. The van der Waals surface area contributed by atoms with Crippen LogP contribution < -0.4 is 22.7 Å². The van der Waals surface area contributed by atoms with E-state index in [2.05, 4.69) is 48.4 Å². The van der Waals surface area contributed by atoms with Gasteiger partial charge in [-0.15, -0.1) is 0 Å². The predicted octanol–water partition coefficient (Wildman–Crippen LogP) is 1.67. The lowest BCUT2D eigenvalue weighted by Crippen LogP contribution is -3.00.